The van der Waals surface area contributed by atoms with E-state index in [0.29, 0.717) is 10.6 Å². The van der Waals surface area contributed by atoms with E-state index in [2.05, 4.69) is 10.3 Å². The van der Waals surface area contributed by atoms with Gasteiger partial charge >= 0.3 is 18.6 Å². The van der Waals surface area contributed by atoms with Gasteiger partial charge in [-0.3, -0.25) is 4.98 Å². The number of halogens is 5. The van der Waals surface area contributed by atoms with Crippen LogP contribution in [0.3, 0.4) is 0 Å². The van der Waals surface area contributed by atoms with Crippen LogP contribution in [0.15, 0.2) is 60.8 Å². The molecule has 1 atom stereocenters. The first-order valence-electron chi connectivity index (χ1n) is 10.7. The summed E-state index contributed by atoms with van der Waals surface area (Å²) in [7, 11) is 0. The summed E-state index contributed by atoms with van der Waals surface area (Å²) in [5.74, 6) is -0.534. The molecule has 0 saturated heterocycles. The highest BCUT2D eigenvalue weighted by Gasteiger charge is 2.45. The van der Waals surface area contributed by atoms with Crippen LogP contribution in [-0.2, 0) is 4.74 Å². The molecule has 3 rings (SSSR count). The summed E-state index contributed by atoms with van der Waals surface area (Å²) in [5.41, 5.74) is 0.920. The van der Waals surface area contributed by atoms with Crippen molar-refractivity contribution in [2.75, 3.05) is 0 Å². The molecule has 2 aromatic carbocycles. The molecule has 1 amide bonds. The minimum Gasteiger partial charge on any atom is -0.442 e. The molecule has 0 unspecified atom stereocenters. The molecular weight excluding hydrogens is 488 g/mol. The summed E-state index contributed by atoms with van der Waals surface area (Å²) in [6.45, 7) is 5.03. The van der Waals surface area contributed by atoms with Crippen LogP contribution < -0.4 is 10.1 Å². The molecule has 3 aromatic rings. The molecule has 0 aliphatic carbocycles. The van der Waals surface area contributed by atoms with Gasteiger partial charge in [-0.1, -0.05) is 48.0 Å². The minimum absolute atomic E-state index is 0.0310. The van der Waals surface area contributed by atoms with E-state index < -0.39 is 30.5 Å². The van der Waals surface area contributed by atoms with Crippen LogP contribution in [0.1, 0.15) is 32.4 Å². The number of hydrogen-bond acceptors (Lipinski definition) is 4. The third kappa shape index (κ3) is 6.42. The van der Waals surface area contributed by atoms with Crippen LogP contribution >= 0.6 is 11.6 Å². The lowest BCUT2D eigenvalue weighted by Gasteiger charge is -2.25. The number of carbonyl (C=O) groups is 1. The van der Waals surface area contributed by atoms with Gasteiger partial charge in [-0.25, -0.2) is 4.79 Å². The fourth-order valence-corrected chi connectivity index (χ4v) is 3.47. The van der Waals surface area contributed by atoms with Gasteiger partial charge in [0.2, 0.25) is 0 Å². The first-order valence-corrected chi connectivity index (χ1v) is 11.0. The van der Waals surface area contributed by atoms with Gasteiger partial charge in [-0.2, -0.15) is 17.6 Å². The first-order chi connectivity index (χ1) is 16.5. The summed E-state index contributed by atoms with van der Waals surface area (Å²) in [4.78, 5) is 16.3. The highest BCUT2D eigenvalue weighted by Crippen LogP contribution is 2.46. The van der Waals surface area contributed by atoms with E-state index in [-0.39, 0.29) is 28.4 Å². The van der Waals surface area contributed by atoms with Crippen LogP contribution in [0.4, 0.5) is 22.4 Å². The Hall–Kier alpha value is -3.33. The number of nitrogens with zero attached hydrogens (tertiary/aromatic N) is 1. The Labute approximate surface area is 205 Å². The van der Waals surface area contributed by atoms with Crippen molar-refractivity contribution in [2.24, 2.45) is 0 Å². The van der Waals surface area contributed by atoms with Gasteiger partial charge in [0.1, 0.15) is 11.9 Å². The Bertz CT molecular complexity index is 1160. The smallest absolute Gasteiger partial charge is 0.442 e. The summed E-state index contributed by atoms with van der Waals surface area (Å²) in [6, 6.07) is 13.9. The molecule has 0 aliphatic heterocycles. The van der Waals surface area contributed by atoms with Crippen molar-refractivity contribution in [3.8, 4) is 28.1 Å². The van der Waals surface area contributed by atoms with Crippen molar-refractivity contribution in [1.82, 2.24) is 10.3 Å². The van der Waals surface area contributed by atoms with E-state index in [4.69, 9.17) is 21.1 Å². The molecule has 1 heterocycles. The Kier molecular flexibility index (Phi) is 8.22. The van der Waals surface area contributed by atoms with E-state index in [0.717, 1.165) is 0 Å². The molecule has 0 radical (unpaired) electrons. The second kappa shape index (κ2) is 10.9. The SMILES string of the molecule is CC(C)NC(=O)O[C@@H](C)c1ccc(-c2ccc(Cl)cn2)c(OC(F)(F)C(F)F)c1-c1ccccc1. The topological polar surface area (TPSA) is 60.5 Å². The Morgan fingerprint density at radius 1 is 1.03 bits per heavy atom. The van der Waals surface area contributed by atoms with Gasteiger partial charge in [0.05, 0.1) is 10.7 Å². The van der Waals surface area contributed by atoms with Crippen molar-refractivity contribution in [2.45, 2.75) is 45.5 Å². The van der Waals surface area contributed by atoms with Crippen LogP contribution in [0.2, 0.25) is 5.02 Å². The molecule has 0 spiro atoms. The zero-order valence-electron chi connectivity index (χ0n) is 19.1. The van der Waals surface area contributed by atoms with Crippen LogP contribution in [0.5, 0.6) is 5.75 Å². The highest BCUT2D eigenvalue weighted by molar-refractivity contribution is 6.30. The number of nitrogens with one attached hydrogen (secondary N) is 1. The standard InChI is InChI=1S/C25H23ClF4N2O3/c1-14(2)32-24(33)34-15(3)18-10-11-19(20-12-9-17(26)13-31-20)22(35-25(29,30)23(27)28)21(18)16-7-5-4-6-8-16/h4-15,23H,1-3H3,(H,32,33)/t15-/m0/s1. The lowest BCUT2D eigenvalue weighted by molar-refractivity contribution is -0.252. The normalized spacial score (nSPS) is 12.5. The van der Waals surface area contributed by atoms with E-state index >= 15 is 0 Å². The third-order valence-corrected chi connectivity index (χ3v) is 5.10. The Morgan fingerprint density at radius 3 is 2.29 bits per heavy atom. The second-order valence-electron chi connectivity index (χ2n) is 7.95. The van der Waals surface area contributed by atoms with E-state index in [9.17, 15) is 22.4 Å². The monoisotopic (exact) mass is 510 g/mol. The van der Waals surface area contributed by atoms with Gasteiger partial charge in [-0.05, 0) is 44.5 Å². The van der Waals surface area contributed by atoms with Crippen molar-refractivity contribution < 1.29 is 31.8 Å². The molecule has 1 aromatic heterocycles. The second-order valence-corrected chi connectivity index (χ2v) is 8.38. The number of aromatic nitrogens is 1. The largest absolute Gasteiger partial charge is 0.461 e. The lowest BCUT2D eigenvalue weighted by Crippen LogP contribution is -2.34. The predicted molar refractivity (Wildman–Crippen MR) is 125 cm³/mol. The van der Waals surface area contributed by atoms with Gasteiger partial charge < -0.3 is 14.8 Å². The molecule has 0 saturated carbocycles. The maximum atomic E-state index is 14.3. The van der Waals surface area contributed by atoms with Crippen LogP contribution in [0, 0.1) is 0 Å². The number of pyridine rings is 1. The molecule has 10 heteroatoms. The lowest BCUT2D eigenvalue weighted by atomic mass is 9.92. The fourth-order valence-electron chi connectivity index (χ4n) is 3.36. The number of alkyl halides is 4. The number of alkyl carbamates (subject to hydrolysis) is 1. The summed E-state index contributed by atoms with van der Waals surface area (Å²) < 4.78 is 65.0. The fraction of sp³-hybridized carbons (Fsp3) is 0.280. The van der Waals surface area contributed by atoms with Gasteiger partial charge in [-0.15, -0.1) is 0 Å². The summed E-state index contributed by atoms with van der Waals surface area (Å²) in [5, 5.41) is 2.88. The van der Waals surface area contributed by atoms with Gasteiger partial charge in [0.15, 0.2) is 0 Å². The predicted octanol–water partition coefficient (Wildman–Crippen LogP) is 7.50. The molecule has 35 heavy (non-hydrogen) atoms. The quantitative estimate of drug-likeness (QED) is 0.319. The number of ether oxygens (including phenoxy) is 2. The van der Waals surface area contributed by atoms with Crippen molar-refractivity contribution >= 4 is 17.7 Å². The number of hydrogen-bond donors (Lipinski definition) is 1. The average Bonchev–Trinajstić information content (AvgIpc) is 2.79. The molecular formula is C25H23ClF4N2O3. The Balaban J connectivity index is 2.26. The maximum absolute atomic E-state index is 14.3. The molecule has 1 N–H and O–H groups in total. The Morgan fingerprint density at radius 2 is 1.71 bits per heavy atom. The van der Waals surface area contributed by atoms with E-state index in [1.807, 2.05) is 0 Å². The first kappa shape index (κ1) is 26.3. The molecule has 0 bridgehead atoms. The summed E-state index contributed by atoms with van der Waals surface area (Å²) in [6.07, 6.45) is -9.27. The average molecular weight is 511 g/mol. The number of benzene rings is 2. The zero-order valence-corrected chi connectivity index (χ0v) is 19.8. The van der Waals surface area contributed by atoms with Gasteiger partial charge in [0, 0.05) is 28.9 Å². The molecule has 0 aliphatic rings. The highest BCUT2D eigenvalue weighted by atomic mass is 35.5. The summed E-state index contributed by atoms with van der Waals surface area (Å²) >= 11 is 5.90. The van der Waals surface area contributed by atoms with Crippen LogP contribution in [0.25, 0.3) is 22.4 Å². The number of amides is 1. The number of carbonyl (C=O) groups excluding carboxylic acids is 1. The van der Waals surface area contributed by atoms with Crippen molar-refractivity contribution in [3.63, 3.8) is 0 Å². The minimum atomic E-state index is -4.80. The van der Waals surface area contributed by atoms with E-state index in [1.54, 1.807) is 50.2 Å². The van der Waals surface area contributed by atoms with Crippen molar-refractivity contribution in [3.05, 3.63) is 71.4 Å². The van der Waals surface area contributed by atoms with Crippen molar-refractivity contribution in [1.29, 1.82) is 0 Å². The van der Waals surface area contributed by atoms with E-state index in [1.165, 1.54) is 31.3 Å². The zero-order chi connectivity index (χ0) is 25.8. The molecule has 0 fully saturated rings. The molecule has 5 nitrogen and oxygen atoms in total. The number of rotatable bonds is 8. The van der Waals surface area contributed by atoms with Crippen LogP contribution in [-0.4, -0.2) is 29.7 Å². The maximum Gasteiger partial charge on any atom is 0.461 e. The third-order valence-electron chi connectivity index (χ3n) is 4.88. The molecule has 186 valence electrons. The van der Waals surface area contributed by atoms with Gasteiger partial charge in [0.25, 0.3) is 0 Å².